The summed E-state index contributed by atoms with van der Waals surface area (Å²) in [4.78, 5) is 36.1. The minimum atomic E-state index is -1.07. The van der Waals surface area contributed by atoms with Crippen LogP contribution >= 0.6 is 0 Å². The number of nitrogens with one attached hydrogen (secondary N) is 2. The van der Waals surface area contributed by atoms with Gasteiger partial charge in [-0.2, -0.15) is 5.10 Å². The number of carboxylic acids is 1. The number of hydrogen-bond donors (Lipinski definition) is 3. The lowest BCUT2D eigenvalue weighted by Gasteiger charge is -2.05. The van der Waals surface area contributed by atoms with Gasteiger partial charge in [-0.3, -0.25) is 14.7 Å². The zero-order chi connectivity index (χ0) is 22.0. The number of hydrazone groups is 1. The fraction of sp³-hybridized carbons (Fsp3) is 0.182. The van der Waals surface area contributed by atoms with Crippen molar-refractivity contribution in [1.82, 2.24) is 15.2 Å². The minimum absolute atomic E-state index is 0.0843. The molecule has 0 fully saturated rings. The molecule has 0 saturated heterocycles. The lowest BCUT2D eigenvalue weighted by atomic mass is 10.1. The third-order valence-corrected chi connectivity index (χ3v) is 4.90. The van der Waals surface area contributed by atoms with Crippen LogP contribution in [-0.2, 0) is 0 Å². The first-order valence-electron chi connectivity index (χ1n) is 9.26. The zero-order valence-electron chi connectivity index (χ0n) is 17.1. The fourth-order valence-corrected chi connectivity index (χ4v) is 3.04. The average Bonchev–Trinajstić information content (AvgIpc) is 3.02. The molecule has 1 amide bonds. The largest absolute Gasteiger partial charge is 0.478 e. The van der Waals surface area contributed by atoms with Crippen molar-refractivity contribution >= 4 is 17.6 Å². The first-order chi connectivity index (χ1) is 14.2. The maximum absolute atomic E-state index is 12.9. The number of benzene rings is 2. The number of aromatic amines is 1. The molecule has 3 N–H and O–H groups in total. The number of carboxylic acid groups (broad SMARTS) is 1. The van der Waals surface area contributed by atoms with Crippen molar-refractivity contribution in [3.05, 3.63) is 86.3 Å². The van der Waals surface area contributed by atoms with E-state index in [0.717, 1.165) is 11.1 Å². The van der Waals surface area contributed by atoms with Gasteiger partial charge < -0.3 is 5.11 Å². The Morgan fingerprint density at radius 2 is 1.63 bits per heavy atom. The number of aromatic carboxylic acids is 1. The van der Waals surface area contributed by atoms with Crippen LogP contribution in [0.1, 0.15) is 50.0 Å². The van der Waals surface area contributed by atoms with E-state index in [1.807, 2.05) is 32.0 Å². The van der Waals surface area contributed by atoms with Gasteiger partial charge in [-0.1, -0.05) is 6.07 Å². The lowest BCUT2D eigenvalue weighted by Crippen LogP contribution is -2.23. The van der Waals surface area contributed by atoms with Crippen molar-refractivity contribution in [2.45, 2.75) is 27.7 Å². The number of carbonyl (C=O) groups excluding carboxylic acids is 1. The van der Waals surface area contributed by atoms with Gasteiger partial charge in [-0.25, -0.2) is 14.9 Å². The quantitative estimate of drug-likeness (QED) is 0.446. The molecule has 0 spiro atoms. The van der Waals surface area contributed by atoms with Crippen LogP contribution in [0.5, 0.6) is 0 Å². The number of aryl methyl sites for hydroxylation is 3. The van der Waals surface area contributed by atoms with E-state index in [1.54, 1.807) is 13.8 Å². The van der Waals surface area contributed by atoms with Crippen molar-refractivity contribution in [2.24, 2.45) is 5.10 Å². The van der Waals surface area contributed by atoms with Gasteiger partial charge in [0.25, 0.3) is 11.5 Å². The van der Waals surface area contributed by atoms with E-state index < -0.39 is 11.9 Å². The summed E-state index contributed by atoms with van der Waals surface area (Å²) in [7, 11) is 0. The summed E-state index contributed by atoms with van der Waals surface area (Å²) in [6, 6.07) is 11.2. The fourth-order valence-electron chi connectivity index (χ4n) is 3.04. The summed E-state index contributed by atoms with van der Waals surface area (Å²) in [6.07, 6.45) is 0. The number of carbonyl (C=O) groups is 2. The second kappa shape index (κ2) is 8.20. The monoisotopic (exact) mass is 406 g/mol. The van der Waals surface area contributed by atoms with Crippen molar-refractivity contribution in [1.29, 1.82) is 0 Å². The molecular weight excluding hydrogens is 384 g/mol. The van der Waals surface area contributed by atoms with E-state index >= 15 is 0 Å². The highest BCUT2D eigenvalue weighted by atomic mass is 16.4. The van der Waals surface area contributed by atoms with E-state index in [9.17, 15) is 14.4 Å². The first kappa shape index (κ1) is 20.8. The van der Waals surface area contributed by atoms with Gasteiger partial charge in [-0.15, -0.1) is 0 Å². The van der Waals surface area contributed by atoms with Gasteiger partial charge in [0.05, 0.1) is 22.5 Å². The summed E-state index contributed by atoms with van der Waals surface area (Å²) in [5.74, 6) is -1.58. The maximum Gasteiger partial charge on any atom is 0.335 e. The Kier molecular flexibility index (Phi) is 5.68. The number of H-pyrrole nitrogens is 1. The molecule has 0 bridgehead atoms. The van der Waals surface area contributed by atoms with E-state index in [0.29, 0.717) is 22.7 Å². The second-order valence-electron chi connectivity index (χ2n) is 7.04. The highest BCUT2D eigenvalue weighted by Gasteiger charge is 2.16. The van der Waals surface area contributed by atoms with Crippen molar-refractivity contribution < 1.29 is 14.7 Å². The molecule has 0 radical (unpaired) electrons. The molecule has 1 aromatic heterocycles. The molecule has 30 heavy (non-hydrogen) atoms. The van der Waals surface area contributed by atoms with Gasteiger partial charge in [0.1, 0.15) is 0 Å². The Balaban J connectivity index is 1.85. The summed E-state index contributed by atoms with van der Waals surface area (Å²) < 4.78 is 1.45. The normalized spacial score (nSPS) is 11.4. The molecule has 1 heterocycles. The minimum Gasteiger partial charge on any atom is -0.478 e. The summed E-state index contributed by atoms with van der Waals surface area (Å²) in [5, 5.41) is 16.0. The van der Waals surface area contributed by atoms with Crippen LogP contribution in [-0.4, -0.2) is 32.5 Å². The van der Waals surface area contributed by atoms with Crippen LogP contribution in [0.25, 0.3) is 5.69 Å². The van der Waals surface area contributed by atoms with E-state index in [2.05, 4.69) is 15.6 Å². The number of aromatic nitrogens is 2. The topological polar surface area (TPSA) is 117 Å². The average molecular weight is 406 g/mol. The van der Waals surface area contributed by atoms with Crippen LogP contribution in [0.15, 0.2) is 52.4 Å². The summed E-state index contributed by atoms with van der Waals surface area (Å²) >= 11 is 0. The zero-order valence-corrected chi connectivity index (χ0v) is 17.1. The number of hydrogen-bond acceptors (Lipinski definition) is 4. The van der Waals surface area contributed by atoms with Crippen LogP contribution in [0.4, 0.5) is 0 Å². The molecule has 0 saturated carbocycles. The Morgan fingerprint density at radius 3 is 2.23 bits per heavy atom. The second-order valence-corrected chi connectivity index (χ2v) is 7.04. The Bertz CT molecular complexity index is 1220. The third kappa shape index (κ3) is 4.07. The molecular formula is C22H22N4O4. The number of rotatable bonds is 5. The highest BCUT2D eigenvalue weighted by molar-refractivity contribution is 6.01. The van der Waals surface area contributed by atoms with Crippen molar-refractivity contribution in [3.63, 3.8) is 0 Å². The summed E-state index contributed by atoms with van der Waals surface area (Å²) in [5.41, 5.74) is 6.75. The molecule has 0 aliphatic carbocycles. The molecule has 8 heteroatoms. The molecule has 154 valence electrons. The molecule has 3 aromatic rings. The molecule has 0 atom stereocenters. The first-order valence-corrected chi connectivity index (χ1v) is 9.26. The molecule has 2 aromatic carbocycles. The highest BCUT2D eigenvalue weighted by Crippen LogP contribution is 2.13. The molecule has 0 aliphatic heterocycles. The molecule has 0 aliphatic rings. The van der Waals surface area contributed by atoms with Crippen LogP contribution in [0.3, 0.4) is 0 Å². The van der Waals surface area contributed by atoms with Gasteiger partial charge in [0.15, 0.2) is 0 Å². The molecule has 0 unspecified atom stereocenters. The van der Waals surface area contributed by atoms with Gasteiger partial charge in [0, 0.05) is 11.3 Å². The predicted molar refractivity (Wildman–Crippen MR) is 114 cm³/mol. The van der Waals surface area contributed by atoms with E-state index in [4.69, 9.17) is 5.11 Å². The molecule has 8 nitrogen and oxygen atoms in total. The Labute approximate surface area is 172 Å². The third-order valence-electron chi connectivity index (χ3n) is 4.90. The standard InChI is InChI=1S/C22H22N4O4/c1-12-5-10-18(11-13(12)2)26-21(28)19(15(4)25-26)14(3)23-24-20(27)16-6-8-17(9-7-16)22(29)30/h5-11,25H,1-4H3,(H,24,27)(H,29,30)/b23-14+. The van der Waals surface area contributed by atoms with Crippen molar-refractivity contribution in [3.8, 4) is 5.69 Å². The molecule has 3 rings (SSSR count). The van der Waals surface area contributed by atoms with E-state index in [-0.39, 0.29) is 16.7 Å². The SMILES string of the molecule is C/C(=N\NC(=O)c1ccc(C(=O)O)cc1)c1c(C)[nH]n(-c2ccc(C)c(C)c2)c1=O. The summed E-state index contributed by atoms with van der Waals surface area (Å²) in [6.45, 7) is 7.38. The lowest BCUT2D eigenvalue weighted by molar-refractivity contribution is 0.0696. The smallest absolute Gasteiger partial charge is 0.335 e. The van der Waals surface area contributed by atoms with Crippen molar-refractivity contribution in [2.75, 3.05) is 0 Å². The Morgan fingerprint density at radius 1 is 1.00 bits per heavy atom. The van der Waals surface area contributed by atoms with Crippen LogP contribution < -0.4 is 11.0 Å². The van der Waals surface area contributed by atoms with Gasteiger partial charge >= 0.3 is 5.97 Å². The predicted octanol–water partition coefficient (Wildman–Crippen LogP) is 2.94. The van der Waals surface area contributed by atoms with Gasteiger partial charge in [0.2, 0.25) is 0 Å². The number of nitrogens with zero attached hydrogens (tertiary/aromatic N) is 2. The number of amides is 1. The van der Waals surface area contributed by atoms with Crippen LogP contribution in [0, 0.1) is 20.8 Å². The van der Waals surface area contributed by atoms with E-state index in [1.165, 1.54) is 28.9 Å². The van der Waals surface area contributed by atoms with Gasteiger partial charge in [-0.05, 0) is 75.2 Å². The maximum atomic E-state index is 12.9. The van der Waals surface area contributed by atoms with Crippen LogP contribution in [0.2, 0.25) is 0 Å². The Hall–Kier alpha value is -3.94.